The third-order valence-electron chi connectivity index (χ3n) is 7.53. The van der Waals surface area contributed by atoms with Gasteiger partial charge < -0.3 is 19.0 Å². The molecule has 1 unspecified atom stereocenters. The topological polar surface area (TPSA) is 146 Å². The van der Waals surface area contributed by atoms with Crippen molar-refractivity contribution in [1.29, 1.82) is 0 Å². The predicted octanol–water partition coefficient (Wildman–Crippen LogP) is 5.91. The van der Waals surface area contributed by atoms with Gasteiger partial charge in [0.25, 0.3) is 5.56 Å². The number of halogens is 1. The number of benzene rings is 2. The summed E-state index contributed by atoms with van der Waals surface area (Å²) in [5, 5.41) is 11.9. The van der Waals surface area contributed by atoms with E-state index < -0.39 is 17.7 Å². The van der Waals surface area contributed by atoms with Crippen LogP contribution in [0, 0.1) is 0 Å². The number of tetrazole rings is 1. The van der Waals surface area contributed by atoms with Crippen LogP contribution >= 0.6 is 11.6 Å². The molecule has 0 aliphatic rings. The van der Waals surface area contributed by atoms with Gasteiger partial charge in [-0.05, 0) is 67.1 Å². The Kier molecular flexibility index (Phi) is 9.04. The first-order valence-corrected chi connectivity index (χ1v) is 15.4. The van der Waals surface area contributed by atoms with Crippen LogP contribution < -0.4 is 19.9 Å². The smallest absolute Gasteiger partial charge is 0.422 e. The first-order chi connectivity index (χ1) is 23.1. The van der Waals surface area contributed by atoms with Gasteiger partial charge in [0, 0.05) is 40.4 Å². The molecule has 0 bridgehead atoms. The number of carbonyl (C=O) groups excluding carboxylic acids is 1. The number of H-pyrrole nitrogens is 1. The molecule has 14 heteroatoms. The third kappa shape index (κ3) is 6.81. The second-order valence-electron chi connectivity index (χ2n) is 11.8. The van der Waals surface area contributed by atoms with E-state index in [1.165, 1.54) is 39.8 Å². The number of ether oxygens (including phenoxy) is 2. The van der Waals surface area contributed by atoms with Crippen molar-refractivity contribution in [2.75, 3.05) is 12.0 Å². The molecule has 0 radical (unpaired) electrons. The molecule has 48 heavy (non-hydrogen) atoms. The van der Waals surface area contributed by atoms with Gasteiger partial charge in [0.2, 0.25) is 5.88 Å². The lowest BCUT2D eigenvalue weighted by Crippen LogP contribution is -2.47. The second kappa shape index (κ2) is 13.5. The fraction of sp³-hybridized carbons (Fsp3) is 0.206. The molecule has 13 nitrogen and oxygen atoms in total. The van der Waals surface area contributed by atoms with E-state index >= 15 is 0 Å². The lowest BCUT2D eigenvalue weighted by molar-refractivity contribution is 0.199. The van der Waals surface area contributed by atoms with E-state index in [4.69, 9.17) is 21.1 Å². The Morgan fingerprint density at radius 3 is 2.50 bits per heavy atom. The Bertz CT molecular complexity index is 2080. The molecule has 0 aliphatic carbocycles. The van der Waals surface area contributed by atoms with Crippen molar-refractivity contribution in [2.24, 2.45) is 0 Å². The van der Waals surface area contributed by atoms with Crippen LogP contribution in [0.2, 0.25) is 5.02 Å². The molecule has 244 valence electrons. The summed E-state index contributed by atoms with van der Waals surface area (Å²) in [5.41, 5.74) is 1.68. The summed E-state index contributed by atoms with van der Waals surface area (Å²) in [5.74, 6) is 1.35. The van der Waals surface area contributed by atoms with E-state index in [0.717, 1.165) is 5.56 Å². The summed E-state index contributed by atoms with van der Waals surface area (Å²) >= 11 is 6.39. The van der Waals surface area contributed by atoms with Crippen molar-refractivity contribution in [3.63, 3.8) is 0 Å². The van der Waals surface area contributed by atoms with E-state index in [2.05, 4.69) is 30.5 Å². The number of anilines is 1. The zero-order valence-electron chi connectivity index (χ0n) is 26.6. The number of nitrogens with one attached hydrogen (secondary N) is 1. The number of rotatable bonds is 9. The van der Waals surface area contributed by atoms with Crippen LogP contribution in [0.4, 0.5) is 10.6 Å². The van der Waals surface area contributed by atoms with Crippen LogP contribution in [0.25, 0.3) is 16.8 Å². The molecule has 6 rings (SSSR count). The molecule has 4 heterocycles. The Morgan fingerprint density at radius 2 is 1.81 bits per heavy atom. The SMILES string of the molecule is COc1cn(C(Cc2ccccc2)c2ncc(OC(=O)N(c3ccccn3)C(C)(C)C)[nH]2)c(=O)cc1-c1cc(Cl)ccc1-n1cnnn1. The molecular formula is C34H32ClN9O4. The van der Waals surface area contributed by atoms with Gasteiger partial charge in [-0.1, -0.05) is 48.0 Å². The highest BCUT2D eigenvalue weighted by atomic mass is 35.5. The highest BCUT2D eigenvalue weighted by molar-refractivity contribution is 6.31. The van der Waals surface area contributed by atoms with Crippen LogP contribution in [0.3, 0.4) is 0 Å². The van der Waals surface area contributed by atoms with Crippen molar-refractivity contribution >= 4 is 23.5 Å². The summed E-state index contributed by atoms with van der Waals surface area (Å²) in [6, 6.07) is 21.0. The largest absolute Gasteiger partial charge is 0.495 e. The zero-order chi connectivity index (χ0) is 33.8. The molecule has 0 spiro atoms. The number of carbonyl (C=O) groups is 1. The van der Waals surface area contributed by atoms with Crippen molar-refractivity contribution in [2.45, 2.75) is 38.8 Å². The molecule has 1 amide bonds. The number of imidazole rings is 1. The molecule has 0 fully saturated rings. The molecule has 2 aromatic carbocycles. The normalized spacial score (nSPS) is 12.0. The monoisotopic (exact) mass is 665 g/mol. The second-order valence-corrected chi connectivity index (χ2v) is 12.3. The maximum absolute atomic E-state index is 14.0. The van der Waals surface area contributed by atoms with E-state index in [1.807, 2.05) is 51.1 Å². The van der Waals surface area contributed by atoms with Gasteiger partial charge in [0.05, 0.1) is 31.2 Å². The van der Waals surface area contributed by atoms with Crippen molar-refractivity contribution in [3.8, 4) is 28.4 Å². The summed E-state index contributed by atoms with van der Waals surface area (Å²) < 4.78 is 14.6. The van der Waals surface area contributed by atoms with Gasteiger partial charge in [0.15, 0.2) is 0 Å². The van der Waals surface area contributed by atoms with Crippen LogP contribution in [0.1, 0.15) is 38.2 Å². The van der Waals surface area contributed by atoms with Gasteiger partial charge in [-0.2, -0.15) is 4.68 Å². The number of amides is 1. The zero-order valence-corrected chi connectivity index (χ0v) is 27.4. The minimum atomic E-state index is -0.640. The standard InChI is InChI=1S/C34H32ClN9O4/c1-34(2,3)44(29-12-8-9-15-36-29)33(46)48-30-19-37-32(39-30)27(16-22-10-6-5-7-11-22)42-20-28(47-4)25(18-31(42)45)24-17-23(35)13-14-26(24)43-21-38-40-41-43/h5-15,17-21,27H,16H2,1-4H3,(H,37,39). The minimum Gasteiger partial charge on any atom is -0.495 e. The first kappa shape index (κ1) is 32.1. The summed E-state index contributed by atoms with van der Waals surface area (Å²) in [6.45, 7) is 5.65. The van der Waals surface area contributed by atoms with E-state index in [9.17, 15) is 9.59 Å². The molecule has 0 aliphatic heterocycles. The molecule has 1 N–H and O–H groups in total. The molecule has 0 saturated heterocycles. The Balaban J connectivity index is 1.39. The van der Waals surface area contributed by atoms with Crippen molar-refractivity contribution < 1.29 is 14.3 Å². The fourth-order valence-electron chi connectivity index (χ4n) is 5.38. The van der Waals surface area contributed by atoms with E-state index in [1.54, 1.807) is 48.8 Å². The van der Waals surface area contributed by atoms with Gasteiger partial charge in [0.1, 0.15) is 23.7 Å². The molecule has 0 saturated carbocycles. The van der Waals surface area contributed by atoms with Crippen LogP contribution in [-0.2, 0) is 6.42 Å². The van der Waals surface area contributed by atoms with Gasteiger partial charge in [-0.15, -0.1) is 5.10 Å². The number of aromatic nitrogens is 8. The lowest BCUT2D eigenvalue weighted by atomic mass is 10.0. The van der Waals surface area contributed by atoms with E-state index in [-0.39, 0.29) is 11.4 Å². The number of methoxy groups -OCH3 is 1. The predicted molar refractivity (Wildman–Crippen MR) is 180 cm³/mol. The van der Waals surface area contributed by atoms with Crippen LogP contribution in [0.15, 0.2) is 103 Å². The number of aromatic amines is 1. The number of pyridine rings is 2. The fourth-order valence-corrected chi connectivity index (χ4v) is 5.55. The quantitative estimate of drug-likeness (QED) is 0.199. The van der Waals surface area contributed by atoms with Crippen molar-refractivity contribution in [3.05, 3.63) is 124 Å². The Hall–Kier alpha value is -5.82. The highest BCUT2D eigenvalue weighted by Gasteiger charge is 2.32. The van der Waals surface area contributed by atoms with Gasteiger partial charge in [-0.25, -0.2) is 14.8 Å². The van der Waals surface area contributed by atoms with Gasteiger partial charge >= 0.3 is 6.09 Å². The number of hydrogen-bond acceptors (Lipinski definition) is 9. The first-order valence-electron chi connectivity index (χ1n) is 15.0. The molecule has 6 aromatic rings. The molecular weight excluding hydrogens is 634 g/mol. The summed E-state index contributed by atoms with van der Waals surface area (Å²) in [7, 11) is 1.52. The summed E-state index contributed by atoms with van der Waals surface area (Å²) in [6.07, 6.45) is 5.87. The summed E-state index contributed by atoms with van der Waals surface area (Å²) in [4.78, 5) is 40.9. The Morgan fingerprint density at radius 1 is 1.02 bits per heavy atom. The maximum Gasteiger partial charge on any atom is 0.422 e. The Labute approximate surface area is 280 Å². The van der Waals surface area contributed by atoms with Gasteiger partial charge in [-0.3, -0.25) is 9.69 Å². The van der Waals surface area contributed by atoms with E-state index in [0.29, 0.717) is 45.6 Å². The number of hydrogen-bond donors (Lipinski definition) is 1. The average molecular weight is 666 g/mol. The van der Waals surface area contributed by atoms with Crippen LogP contribution in [0.5, 0.6) is 11.6 Å². The molecule has 1 atom stereocenters. The van der Waals surface area contributed by atoms with Crippen LogP contribution in [-0.4, -0.2) is 58.5 Å². The third-order valence-corrected chi connectivity index (χ3v) is 7.77. The molecule has 4 aromatic heterocycles. The lowest BCUT2D eigenvalue weighted by Gasteiger charge is -2.33. The maximum atomic E-state index is 14.0. The van der Waals surface area contributed by atoms with Crippen molar-refractivity contribution in [1.82, 2.24) is 39.7 Å². The minimum absolute atomic E-state index is 0.111. The average Bonchev–Trinajstić information content (AvgIpc) is 3.77. The number of nitrogens with zero attached hydrogens (tertiary/aromatic N) is 8. The highest BCUT2D eigenvalue weighted by Crippen LogP contribution is 2.36.